The highest BCUT2D eigenvalue weighted by Gasteiger charge is 2.20. The van der Waals surface area contributed by atoms with Crippen molar-refractivity contribution in [2.24, 2.45) is 0 Å². The van der Waals surface area contributed by atoms with Gasteiger partial charge in [-0.1, -0.05) is 54.1 Å². The molecule has 1 saturated heterocycles. The van der Waals surface area contributed by atoms with E-state index in [2.05, 4.69) is 17.3 Å². The van der Waals surface area contributed by atoms with Gasteiger partial charge in [0.1, 0.15) is 5.75 Å². The molecule has 250 valence electrons. The van der Waals surface area contributed by atoms with Crippen molar-refractivity contribution in [3.05, 3.63) is 113 Å². The maximum Gasteiger partial charge on any atom is 0.258 e. The van der Waals surface area contributed by atoms with Crippen LogP contribution in [0.4, 0.5) is 11.4 Å². The quantitative estimate of drug-likeness (QED) is 0.165. The second-order valence-electron chi connectivity index (χ2n) is 12.6. The van der Waals surface area contributed by atoms with Crippen LogP contribution < -0.4 is 15.0 Å². The van der Waals surface area contributed by atoms with E-state index in [1.807, 2.05) is 85.5 Å². The molecule has 0 atom stereocenters. The number of anilines is 2. The first-order chi connectivity index (χ1) is 23.2. The summed E-state index contributed by atoms with van der Waals surface area (Å²) in [5.41, 5.74) is 6.37. The Morgan fingerprint density at radius 3 is 2.21 bits per heavy atom. The zero-order chi connectivity index (χ0) is 34.0. The largest absolute Gasteiger partial charge is 0.491 e. The topological polar surface area (TPSA) is 82.2 Å². The minimum atomic E-state index is -0.217. The summed E-state index contributed by atoms with van der Waals surface area (Å²) in [7, 11) is 3.83. The summed E-state index contributed by atoms with van der Waals surface area (Å²) in [6.45, 7) is 8.01. The van der Waals surface area contributed by atoms with Gasteiger partial charge in [-0.2, -0.15) is 0 Å². The number of nitrogens with one attached hydrogen (secondary N) is 1. The molecule has 0 aliphatic carbocycles. The SMILES string of the molecule is Cc1ccc(-c2ccccc2C(=O)Nc2ccc(C(=O)N(C)c3cc(C)ccc3OCCCCCC(=O)N3CCN(C)CC3)cc2)cc1. The lowest BCUT2D eigenvalue weighted by molar-refractivity contribution is -0.132. The van der Waals surface area contributed by atoms with Gasteiger partial charge in [0.25, 0.3) is 11.8 Å². The minimum absolute atomic E-state index is 0.185. The van der Waals surface area contributed by atoms with Crippen LogP contribution in [0.25, 0.3) is 11.1 Å². The van der Waals surface area contributed by atoms with Crippen LogP contribution in [0, 0.1) is 13.8 Å². The van der Waals surface area contributed by atoms with Gasteiger partial charge < -0.3 is 24.8 Å². The molecule has 0 saturated carbocycles. The molecule has 1 aliphatic heterocycles. The number of rotatable bonds is 12. The molecule has 8 nitrogen and oxygen atoms in total. The van der Waals surface area contributed by atoms with Crippen LogP contribution in [0.1, 0.15) is 57.5 Å². The van der Waals surface area contributed by atoms with E-state index >= 15 is 0 Å². The Labute approximate surface area is 284 Å². The molecule has 4 aromatic carbocycles. The third-order valence-electron chi connectivity index (χ3n) is 8.85. The lowest BCUT2D eigenvalue weighted by atomic mass is 9.98. The van der Waals surface area contributed by atoms with Crippen molar-refractivity contribution >= 4 is 29.1 Å². The van der Waals surface area contributed by atoms with E-state index in [9.17, 15) is 14.4 Å². The van der Waals surface area contributed by atoms with Gasteiger partial charge in [-0.3, -0.25) is 14.4 Å². The van der Waals surface area contributed by atoms with E-state index in [4.69, 9.17) is 4.74 Å². The van der Waals surface area contributed by atoms with Crippen molar-refractivity contribution in [1.82, 2.24) is 9.80 Å². The van der Waals surface area contributed by atoms with Gasteiger partial charge in [0, 0.05) is 56.5 Å². The van der Waals surface area contributed by atoms with Gasteiger partial charge in [-0.15, -0.1) is 0 Å². The Hall–Kier alpha value is -4.95. The molecular formula is C40H46N4O4. The fourth-order valence-electron chi connectivity index (χ4n) is 5.83. The van der Waals surface area contributed by atoms with E-state index in [0.29, 0.717) is 41.3 Å². The minimum Gasteiger partial charge on any atom is -0.491 e. The van der Waals surface area contributed by atoms with Crippen molar-refractivity contribution in [1.29, 1.82) is 0 Å². The number of amides is 3. The third kappa shape index (κ3) is 8.89. The molecule has 48 heavy (non-hydrogen) atoms. The van der Waals surface area contributed by atoms with Gasteiger partial charge in [0.15, 0.2) is 0 Å². The van der Waals surface area contributed by atoms with E-state index in [1.165, 1.54) is 0 Å². The highest BCUT2D eigenvalue weighted by Crippen LogP contribution is 2.31. The maximum absolute atomic E-state index is 13.6. The highest BCUT2D eigenvalue weighted by atomic mass is 16.5. The Kier molecular flexibility index (Phi) is 11.6. The Bertz CT molecular complexity index is 1710. The van der Waals surface area contributed by atoms with Crippen molar-refractivity contribution < 1.29 is 19.1 Å². The van der Waals surface area contributed by atoms with Crippen molar-refractivity contribution in [2.45, 2.75) is 39.5 Å². The fraction of sp³-hybridized carbons (Fsp3) is 0.325. The average molecular weight is 647 g/mol. The van der Waals surface area contributed by atoms with Gasteiger partial charge in [-0.25, -0.2) is 0 Å². The highest BCUT2D eigenvalue weighted by molar-refractivity contribution is 6.09. The fourth-order valence-corrected chi connectivity index (χ4v) is 5.83. The van der Waals surface area contributed by atoms with Crippen molar-refractivity contribution in [2.75, 3.05) is 57.1 Å². The maximum atomic E-state index is 13.6. The van der Waals surface area contributed by atoms with E-state index in [0.717, 1.165) is 67.7 Å². The lowest BCUT2D eigenvalue weighted by Gasteiger charge is -2.32. The van der Waals surface area contributed by atoms with Crippen LogP contribution in [0.3, 0.4) is 0 Å². The summed E-state index contributed by atoms with van der Waals surface area (Å²) in [5.74, 6) is 0.478. The normalized spacial score (nSPS) is 13.2. The molecular weight excluding hydrogens is 600 g/mol. The molecule has 1 fully saturated rings. The summed E-state index contributed by atoms with van der Waals surface area (Å²) in [6.07, 6.45) is 3.13. The molecule has 0 bridgehead atoms. The molecule has 1 aliphatic rings. The summed E-state index contributed by atoms with van der Waals surface area (Å²) < 4.78 is 6.14. The first-order valence-corrected chi connectivity index (χ1v) is 16.7. The Morgan fingerprint density at radius 1 is 0.792 bits per heavy atom. The van der Waals surface area contributed by atoms with Crippen LogP contribution in [-0.2, 0) is 4.79 Å². The van der Waals surface area contributed by atoms with Crippen LogP contribution in [0.2, 0.25) is 0 Å². The number of carbonyl (C=O) groups excluding carboxylic acids is 3. The molecule has 0 unspecified atom stereocenters. The average Bonchev–Trinajstić information content (AvgIpc) is 3.10. The molecule has 0 spiro atoms. The number of likely N-dealkylation sites (N-methyl/N-ethyl adjacent to an activating group) is 1. The smallest absolute Gasteiger partial charge is 0.258 e. The van der Waals surface area contributed by atoms with Crippen LogP contribution >= 0.6 is 0 Å². The van der Waals surface area contributed by atoms with E-state index < -0.39 is 0 Å². The number of hydrogen-bond acceptors (Lipinski definition) is 5. The first kappa shape index (κ1) is 34.4. The number of piperazine rings is 1. The third-order valence-corrected chi connectivity index (χ3v) is 8.85. The van der Waals surface area contributed by atoms with Gasteiger partial charge in [-0.05, 0) is 99.3 Å². The van der Waals surface area contributed by atoms with E-state index in [-0.39, 0.29) is 17.7 Å². The number of benzene rings is 4. The molecule has 0 aromatic heterocycles. The Balaban J connectivity index is 1.15. The predicted octanol–water partition coefficient (Wildman–Crippen LogP) is 7.21. The van der Waals surface area contributed by atoms with Crippen molar-refractivity contribution in [3.8, 4) is 16.9 Å². The number of aryl methyl sites for hydroxylation is 2. The van der Waals surface area contributed by atoms with Gasteiger partial charge in [0.2, 0.25) is 5.91 Å². The number of nitrogens with zero attached hydrogens (tertiary/aromatic N) is 3. The number of ether oxygens (including phenoxy) is 1. The Morgan fingerprint density at radius 2 is 1.48 bits per heavy atom. The number of hydrogen-bond donors (Lipinski definition) is 1. The van der Waals surface area contributed by atoms with Crippen molar-refractivity contribution in [3.63, 3.8) is 0 Å². The standard InChI is InChI=1S/C40H46N4O4/c1-29-13-16-31(17-14-29)34-10-7-8-11-35(34)39(46)41-33-20-18-32(19-21-33)40(47)43(4)36-28-30(2)15-22-37(36)48-27-9-5-6-12-38(45)44-25-23-42(3)24-26-44/h7-8,10-11,13-22,28H,5-6,9,12,23-27H2,1-4H3,(H,41,46). The van der Waals surface area contributed by atoms with E-state index in [1.54, 1.807) is 36.2 Å². The van der Waals surface area contributed by atoms with Gasteiger partial charge >= 0.3 is 0 Å². The summed E-state index contributed by atoms with van der Waals surface area (Å²) >= 11 is 0. The second-order valence-corrected chi connectivity index (χ2v) is 12.6. The van der Waals surface area contributed by atoms with Crippen LogP contribution in [0.5, 0.6) is 5.75 Å². The summed E-state index contributed by atoms with van der Waals surface area (Å²) in [5, 5.41) is 2.98. The second kappa shape index (κ2) is 16.2. The molecule has 1 N–H and O–H groups in total. The molecule has 8 heteroatoms. The summed E-state index contributed by atoms with van der Waals surface area (Å²) in [4.78, 5) is 45.2. The molecule has 5 rings (SSSR count). The number of unbranched alkanes of at least 4 members (excludes halogenated alkanes) is 2. The first-order valence-electron chi connectivity index (χ1n) is 16.7. The lowest BCUT2D eigenvalue weighted by Crippen LogP contribution is -2.47. The zero-order valence-electron chi connectivity index (χ0n) is 28.5. The number of carbonyl (C=O) groups is 3. The van der Waals surface area contributed by atoms with Crippen LogP contribution in [-0.4, -0.2) is 74.4 Å². The predicted molar refractivity (Wildman–Crippen MR) is 193 cm³/mol. The zero-order valence-corrected chi connectivity index (χ0v) is 28.5. The monoisotopic (exact) mass is 646 g/mol. The van der Waals surface area contributed by atoms with Gasteiger partial charge in [0.05, 0.1) is 12.3 Å². The molecule has 4 aromatic rings. The summed E-state index contributed by atoms with van der Waals surface area (Å²) in [6, 6.07) is 28.4. The molecule has 1 heterocycles. The molecule has 3 amide bonds. The molecule has 0 radical (unpaired) electrons. The van der Waals surface area contributed by atoms with Crippen LogP contribution in [0.15, 0.2) is 91.0 Å².